The molecule has 1 unspecified atom stereocenters. The quantitative estimate of drug-likeness (QED) is 0.664. The molecule has 1 amide bonds. The van der Waals surface area contributed by atoms with E-state index in [9.17, 15) is 22.8 Å². The van der Waals surface area contributed by atoms with Gasteiger partial charge in [-0.25, -0.2) is 0 Å². The van der Waals surface area contributed by atoms with E-state index in [0.717, 1.165) is 0 Å². The molecule has 0 aliphatic carbocycles. The Labute approximate surface area is 156 Å². The summed E-state index contributed by atoms with van der Waals surface area (Å²) in [5, 5.41) is 5.30. The molecule has 0 bridgehead atoms. The van der Waals surface area contributed by atoms with E-state index in [2.05, 4.69) is 10.6 Å². The molecule has 6 nitrogen and oxygen atoms in total. The lowest BCUT2D eigenvalue weighted by molar-refractivity contribution is -0.184. The predicted molar refractivity (Wildman–Crippen MR) is 93.9 cm³/mol. The highest BCUT2D eigenvalue weighted by atomic mass is 19.4. The summed E-state index contributed by atoms with van der Waals surface area (Å²) in [6.07, 6.45) is -4.04. The van der Waals surface area contributed by atoms with Gasteiger partial charge in [0.05, 0.1) is 0 Å². The van der Waals surface area contributed by atoms with Gasteiger partial charge in [-0.1, -0.05) is 6.92 Å². The molecule has 1 atom stereocenters. The summed E-state index contributed by atoms with van der Waals surface area (Å²) in [6.45, 7) is 2.37. The van der Waals surface area contributed by atoms with Gasteiger partial charge in [-0.3, -0.25) is 14.5 Å². The average Bonchev–Trinajstić information content (AvgIpc) is 2.66. The Morgan fingerprint density at radius 1 is 1.22 bits per heavy atom. The normalized spacial score (nSPS) is 16.6. The molecule has 27 heavy (non-hydrogen) atoms. The van der Waals surface area contributed by atoms with E-state index in [4.69, 9.17) is 4.74 Å². The van der Waals surface area contributed by atoms with E-state index in [1.807, 2.05) is 0 Å². The van der Waals surface area contributed by atoms with Gasteiger partial charge in [-0.2, -0.15) is 13.2 Å². The lowest BCUT2D eigenvalue weighted by atomic mass is 10.1. The van der Waals surface area contributed by atoms with Crippen LogP contribution in [0.1, 0.15) is 23.7 Å². The number of carbonyl (C=O) groups excluding carboxylic acids is 2. The highest BCUT2D eigenvalue weighted by Crippen LogP contribution is 2.24. The fourth-order valence-corrected chi connectivity index (χ4v) is 2.80. The summed E-state index contributed by atoms with van der Waals surface area (Å²) < 4.78 is 45.1. The minimum atomic E-state index is -4.42. The standard InChI is InChI=1S/C18H24F3N3O3/c1-2-15(25)13-3-5-14(6-4-13)27-12-17(26)23-11-16(18(19,20)21)24-9-7-22-8-10-24/h3-6,16,22H,2,7-12H2,1H3,(H,23,26). The second-order valence-electron chi connectivity index (χ2n) is 6.24. The minimum Gasteiger partial charge on any atom is -0.484 e. The van der Waals surface area contributed by atoms with Gasteiger partial charge in [-0.05, 0) is 24.3 Å². The molecule has 1 heterocycles. The third kappa shape index (κ3) is 6.51. The minimum absolute atomic E-state index is 0.00889. The number of piperazine rings is 1. The summed E-state index contributed by atoms with van der Waals surface area (Å²) in [5.74, 6) is -0.272. The second kappa shape index (κ2) is 9.70. The molecule has 0 spiro atoms. The van der Waals surface area contributed by atoms with Gasteiger partial charge in [0.1, 0.15) is 11.8 Å². The molecular weight excluding hydrogens is 363 g/mol. The maximum Gasteiger partial charge on any atom is 0.405 e. The van der Waals surface area contributed by atoms with Crippen molar-refractivity contribution in [2.75, 3.05) is 39.3 Å². The molecule has 0 radical (unpaired) electrons. The van der Waals surface area contributed by atoms with Crippen LogP contribution in [0.5, 0.6) is 5.75 Å². The number of amides is 1. The fraction of sp³-hybridized carbons (Fsp3) is 0.556. The van der Waals surface area contributed by atoms with Gasteiger partial charge in [0.25, 0.3) is 5.91 Å². The number of halogens is 3. The maximum absolute atomic E-state index is 13.3. The summed E-state index contributed by atoms with van der Waals surface area (Å²) in [7, 11) is 0. The number of rotatable bonds is 8. The van der Waals surface area contributed by atoms with Crippen LogP contribution >= 0.6 is 0 Å². The van der Waals surface area contributed by atoms with Gasteiger partial charge >= 0.3 is 6.18 Å². The van der Waals surface area contributed by atoms with E-state index in [1.54, 1.807) is 31.2 Å². The number of nitrogens with zero attached hydrogens (tertiary/aromatic N) is 1. The molecule has 1 aliphatic rings. The molecule has 1 aromatic rings. The van der Waals surface area contributed by atoms with E-state index in [1.165, 1.54) is 4.90 Å². The molecule has 1 saturated heterocycles. The third-order valence-corrected chi connectivity index (χ3v) is 4.33. The molecule has 9 heteroatoms. The Hall–Kier alpha value is -2.13. The number of hydrogen-bond donors (Lipinski definition) is 2. The van der Waals surface area contributed by atoms with E-state index < -0.39 is 31.3 Å². The number of benzene rings is 1. The monoisotopic (exact) mass is 387 g/mol. The van der Waals surface area contributed by atoms with Crippen LogP contribution in [0.2, 0.25) is 0 Å². The van der Waals surface area contributed by atoms with Gasteiger partial charge in [0, 0.05) is 44.7 Å². The number of alkyl halides is 3. The molecule has 1 aromatic carbocycles. The van der Waals surface area contributed by atoms with Crippen molar-refractivity contribution in [2.45, 2.75) is 25.6 Å². The van der Waals surface area contributed by atoms with Crippen molar-refractivity contribution >= 4 is 11.7 Å². The first-order chi connectivity index (χ1) is 12.8. The Kier molecular flexibility index (Phi) is 7.61. The largest absolute Gasteiger partial charge is 0.484 e. The highest BCUT2D eigenvalue weighted by molar-refractivity contribution is 5.95. The molecule has 2 N–H and O–H groups in total. The summed E-state index contributed by atoms with van der Waals surface area (Å²) >= 11 is 0. The van der Waals surface area contributed by atoms with E-state index in [0.29, 0.717) is 30.8 Å². The Bertz CT molecular complexity index is 629. The number of nitrogens with one attached hydrogen (secondary N) is 2. The van der Waals surface area contributed by atoms with Gasteiger partial charge in [-0.15, -0.1) is 0 Å². The van der Waals surface area contributed by atoms with Crippen LogP contribution in [-0.2, 0) is 4.79 Å². The summed E-state index contributed by atoms with van der Waals surface area (Å²) in [5.41, 5.74) is 0.540. The highest BCUT2D eigenvalue weighted by Gasteiger charge is 2.43. The van der Waals surface area contributed by atoms with Crippen LogP contribution in [0.3, 0.4) is 0 Å². The number of Topliss-reactive ketones (excluding diaryl/α,β-unsaturated/α-hetero) is 1. The first-order valence-corrected chi connectivity index (χ1v) is 8.85. The third-order valence-electron chi connectivity index (χ3n) is 4.33. The zero-order chi connectivity index (χ0) is 19.9. The Balaban J connectivity index is 1.82. The smallest absolute Gasteiger partial charge is 0.405 e. The predicted octanol–water partition coefficient (Wildman–Crippen LogP) is 1.61. The fourth-order valence-electron chi connectivity index (χ4n) is 2.80. The molecule has 0 aromatic heterocycles. The zero-order valence-corrected chi connectivity index (χ0v) is 15.1. The molecule has 1 fully saturated rings. The van der Waals surface area contributed by atoms with Crippen LogP contribution in [0.25, 0.3) is 0 Å². The van der Waals surface area contributed by atoms with Gasteiger partial charge < -0.3 is 15.4 Å². The number of ether oxygens (including phenoxy) is 1. The molecule has 0 saturated carbocycles. The van der Waals surface area contributed by atoms with Crippen molar-refractivity contribution < 1.29 is 27.5 Å². The van der Waals surface area contributed by atoms with Crippen LogP contribution < -0.4 is 15.4 Å². The first kappa shape index (κ1) is 21.2. The first-order valence-electron chi connectivity index (χ1n) is 8.85. The van der Waals surface area contributed by atoms with Crippen molar-refractivity contribution in [2.24, 2.45) is 0 Å². The summed E-state index contributed by atoms with van der Waals surface area (Å²) in [6, 6.07) is 4.56. The lowest BCUT2D eigenvalue weighted by Crippen LogP contribution is -2.57. The Morgan fingerprint density at radius 2 is 1.85 bits per heavy atom. The van der Waals surface area contributed by atoms with E-state index in [-0.39, 0.29) is 18.9 Å². The molecule has 150 valence electrons. The van der Waals surface area contributed by atoms with Crippen molar-refractivity contribution in [1.29, 1.82) is 0 Å². The van der Waals surface area contributed by atoms with Crippen molar-refractivity contribution in [3.8, 4) is 5.75 Å². The average molecular weight is 387 g/mol. The number of ketones is 1. The number of hydrogen-bond acceptors (Lipinski definition) is 5. The van der Waals surface area contributed by atoms with E-state index >= 15 is 0 Å². The molecular formula is C18H24F3N3O3. The SMILES string of the molecule is CCC(=O)c1ccc(OCC(=O)NCC(N2CCNCC2)C(F)(F)F)cc1. The van der Waals surface area contributed by atoms with Crippen LogP contribution in [0.4, 0.5) is 13.2 Å². The zero-order valence-electron chi connectivity index (χ0n) is 15.1. The van der Waals surface area contributed by atoms with Gasteiger partial charge in [0.15, 0.2) is 12.4 Å². The molecule has 1 aliphatic heterocycles. The number of carbonyl (C=O) groups is 2. The summed E-state index contributed by atoms with van der Waals surface area (Å²) in [4.78, 5) is 24.7. The van der Waals surface area contributed by atoms with Crippen LogP contribution in [-0.4, -0.2) is 68.1 Å². The molecule has 2 rings (SSSR count). The lowest BCUT2D eigenvalue weighted by Gasteiger charge is -2.35. The topological polar surface area (TPSA) is 70.7 Å². The van der Waals surface area contributed by atoms with Gasteiger partial charge in [0.2, 0.25) is 0 Å². The van der Waals surface area contributed by atoms with Crippen LogP contribution in [0.15, 0.2) is 24.3 Å². The van der Waals surface area contributed by atoms with Crippen molar-refractivity contribution in [3.05, 3.63) is 29.8 Å². The van der Waals surface area contributed by atoms with Crippen molar-refractivity contribution in [3.63, 3.8) is 0 Å². The van der Waals surface area contributed by atoms with Crippen molar-refractivity contribution in [1.82, 2.24) is 15.5 Å². The van der Waals surface area contributed by atoms with Crippen LogP contribution in [0, 0.1) is 0 Å². The Morgan fingerprint density at radius 3 is 2.41 bits per heavy atom. The second-order valence-corrected chi connectivity index (χ2v) is 6.24. The maximum atomic E-state index is 13.3.